The summed E-state index contributed by atoms with van der Waals surface area (Å²) in [6.45, 7) is 1.33. The predicted octanol–water partition coefficient (Wildman–Crippen LogP) is -1.68. The highest BCUT2D eigenvalue weighted by Gasteiger charge is 1.94. The normalized spacial score (nSPS) is 16.4. The standard InChI is InChI=1S/C3H8O3.C3H6O2/c4-1-3(6)2-5;1-2-5-3-4-1/h3-6H,1-2H2;1-3H2. The van der Waals surface area contributed by atoms with Gasteiger partial charge >= 0.3 is 0 Å². The van der Waals surface area contributed by atoms with Crippen LogP contribution in [0, 0.1) is 0 Å². The van der Waals surface area contributed by atoms with Gasteiger partial charge in [0.15, 0.2) is 0 Å². The zero-order valence-corrected chi connectivity index (χ0v) is 6.27. The van der Waals surface area contributed by atoms with Crippen LogP contribution >= 0.6 is 0 Å². The van der Waals surface area contributed by atoms with E-state index in [1.165, 1.54) is 0 Å². The van der Waals surface area contributed by atoms with Crippen molar-refractivity contribution in [2.24, 2.45) is 0 Å². The third-order valence-electron chi connectivity index (χ3n) is 0.960. The maximum atomic E-state index is 8.17. The molecule has 0 amide bonds. The van der Waals surface area contributed by atoms with Gasteiger partial charge in [0, 0.05) is 0 Å². The van der Waals surface area contributed by atoms with E-state index in [1.807, 2.05) is 0 Å². The Balaban J connectivity index is 0.000000183. The van der Waals surface area contributed by atoms with Gasteiger partial charge in [0.2, 0.25) is 0 Å². The molecule has 0 saturated carbocycles. The molecule has 1 rings (SSSR count). The van der Waals surface area contributed by atoms with E-state index in [1.54, 1.807) is 0 Å². The number of hydrogen-bond acceptors (Lipinski definition) is 5. The van der Waals surface area contributed by atoms with E-state index in [9.17, 15) is 0 Å². The highest BCUT2D eigenvalue weighted by molar-refractivity contribution is 4.44. The van der Waals surface area contributed by atoms with Gasteiger partial charge in [0.1, 0.15) is 12.9 Å². The Morgan fingerprint density at radius 2 is 1.55 bits per heavy atom. The summed E-state index contributed by atoms with van der Waals surface area (Å²) in [4.78, 5) is 0. The van der Waals surface area contributed by atoms with Gasteiger partial charge in [-0.3, -0.25) is 0 Å². The van der Waals surface area contributed by atoms with E-state index >= 15 is 0 Å². The summed E-state index contributed by atoms with van der Waals surface area (Å²) >= 11 is 0. The summed E-state index contributed by atoms with van der Waals surface area (Å²) < 4.78 is 9.44. The maximum Gasteiger partial charge on any atom is 0.146 e. The van der Waals surface area contributed by atoms with Crippen molar-refractivity contribution in [1.29, 1.82) is 0 Å². The Morgan fingerprint density at radius 3 is 1.64 bits per heavy atom. The largest absolute Gasteiger partial charge is 0.394 e. The van der Waals surface area contributed by atoms with E-state index < -0.39 is 6.10 Å². The average molecular weight is 166 g/mol. The predicted molar refractivity (Wildman–Crippen MR) is 36.9 cm³/mol. The van der Waals surface area contributed by atoms with Crippen molar-refractivity contribution in [3.8, 4) is 0 Å². The monoisotopic (exact) mass is 166 g/mol. The lowest BCUT2D eigenvalue weighted by Crippen LogP contribution is -2.15. The van der Waals surface area contributed by atoms with Crippen LogP contribution in [0.5, 0.6) is 0 Å². The summed E-state index contributed by atoms with van der Waals surface area (Å²) in [6.07, 6.45) is -0.954. The highest BCUT2D eigenvalue weighted by atomic mass is 16.7. The van der Waals surface area contributed by atoms with Gasteiger partial charge in [0.05, 0.1) is 26.4 Å². The first kappa shape index (κ1) is 10.8. The van der Waals surface area contributed by atoms with Gasteiger partial charge in [-0.25, -0.2) is 0 Å². The minimum absolute atomic E-state index is 0.365. The Kier molecular flexibility index (Phi) is 7.76. The van der Waals surface area contributed by atoms with Crippen molar-refractivity contribution in [2.75, 3.05) is 33.2 Å². The smallest absolute Gasteiger partial charge is 0.146 e. The van der Waals surface area contributed by atoms with Gasteiger partial charge in [-0.05, 0) is 0 Å². The fourth-order valence-corrected chi connectivity index (χ4v) is 0.352. The Labute approximate surface area is 65.2 Å². The topological polar surface area (TPSA) is 79.2 Å². The SMILES string of the molecule is C1COCO1.OCC(O)CO. The molecule has 0 unspecified atom stereocenters. The molecule has 68 valence electrons. The van der Waals surface area contributed by atoms with Crippen LogP contribution in [0.1, 0.15) is 0 Å². The van der Waals surface area contributed by atoms with Gasteiger partial charge in [0.25, 0.3) is 0 Å². The molecule has 0 spiro atoms. The molecule has 3 N–H and O–H groups in total. The molecular formula is C6H14O5. The van der Waals surface area contributed by atoms with Crippen molar-refractivity contribution in [1.82, 2.24) is 0 Å². The van der Waals surface area contributed by atoms with Crippen molar-refractivity contribution in [3.05, 3.63) is 0 Å². The summed E-state index contributed by atoms with van der Waals surface area (Å²) in [5.74, 6) is 0. The first-order valence-corrected chi connectivity index (χ1v) is 3.36. The first-order valence-electron chi connectivity index (χ1n) is 3.36. The fraction of sp³-hybridized carbons (Fsp3) is 1.00. The fourth-order valence-electron chi connectivity index (χ4n) is 0.352. The van der Waals surface area contributed by atoms with E-state index in [-0.39, 0.29) is 13.2 Å². The van der Waals surface area contributed by atoms with Crippen molar-refractivity contribution < 1.29 is 24.8 Å². The van der Waals surface area contributed by atoms with Crippen LogP contribution in [0.3, 0.4) is 0 Å². The molecule has 0 aromatic carbocycles. The lowest BCUT2D eigenvalue weighted by Gasteiger charge is -1.96. The van der Waals surface area contributed by atoms with Crippen LogP contribution in [0.25, 0.3) is 0 Å². The van der Waals surface area contributed by atoms with Gasteiger partial charge in [-0.15, -0.1) is 0 Å². The third kappa shape index (κ3) is 7.70. The van der Waals surface area contributed by atoms with E-state index in [0.717, 1.165) is 13.2 Å². The summed E-state index contributed by atoms with van der Waals surface area (Å²) in [7, 11) is 0. The molecule has 0 atom stereocenters. The second-order valence-corrected chi connectivity index (χ2v) is 1.95. The molecule has 11 heavy (non-hydrogen) atoms. The first-order chi connectivity index (χ1) is 5.31. The van der Waals surface area contributed by atoms with E-state index in [2.05, 4.69) is 0 Å². The van der Waals surface area contributed by atoms with Crippen LogP contribution in [0.2, 0.25) is 0 Å². The summed E-state index contributed by atoms with van der Waals surface area (Å²) in [5.41, 5.74) is 0. The number of ether oxygens (including phenoxy) is 2. The average Bonchev–Trinajstić information content (AvgIpc) is 2.60. The molecule has 1 aliphatic rings. The molecule has 0 bridgehead atoms. The summed E-state index contributed by atoms with van der Waals surface area (Å²) in [5, 5.41) is 24.0. The molecule has 1 saturated heterocycles. The molecule has 0 aliphatic carbocycles. The van der Waals surface area contributed by atoms with Crippen LogP contribution in [-0.2, 0) is 9.47 Å². The van der Waals surface area contributed by atoms with Crippen LogP contribution in [0.4, 0.5) is 0 Å². The van der Waals surface area contributed by atoms with Crippen molar-refractivity contribution >= 4 is 0 Å². The highest BCUT2D eigenvalue weighted by Crippen LogP contribution is 1.85. The number of aliphatic hydroxyl groups is 3. The number of hydrogen-bond donors (Lipinski definition) is 3. The van der Waals surface area contributed by atoms with Gasteiger partial charge in [-0.2, -0.15) is 0 Å². The Hall–Kier alpha value is -0.200. The molecule has 5 heteroatoms. The summed E-state index contributed by atoms with van der Waals surface area (Å²) in [6, 6.07) is 0. The van der Waals surface area contributed by atoms with Gasteiger partial charge < -0.3 is 24.8 Å². The zero-order valence-electron chi connectivity index (χ0n) is 6.27. The van der Waals surface area contributed by atoms with Gasteiger partial charge in [-0.1, -0.05) is 0 Å². The van der Waals surface area contributed by atoms with Crippen LogP contribution in [0.15, 0.2) is 0 Å². The number of rotatable bonds is 2. The molecule has 5 nitrogen and oxygen atoms in total. The molecule has 1 fully saturated rings. The Morgan fingerprint density at radius 1 is 1.09 bits per heavy atom. The third-order valence-corrected chi connectivity index (χ3v) is 0.960. The van der Waals surface area contributed by atoms with Crippen molar-refractivity contribution in [2.45, 2.75) is 6.10 Å². The molecule has 1 aliphatic heterocycles. The molecule has 0 radical (unpaired) electrons. The molecule has 1 heterocycles. The minimum Gasteiger partial charge on any atom is -0.394 e. The second-order valence-electron chi connectivity index (χ2n) is 1.95. The molecular weight excluding hydrogens is 152 g/mol. The minimum atomic E-state index is -0.954. The Bertz CT molecular complexity index is 61.8. The van der Waals surface area contributed by atoms with Crippen LogP contribution in [-0.4, -0.2) is 54.6 Å². The van der Waals surface area contributed by atoms with E-state index in [4.69, 9.17) is 24.8 Å². The number of aliphatic hydroxyl groups excluding tert-OH is 3. The maximum absolute atomic E-state index is 8.17. The lowest BCUT2D eigenvalue weighted by atomic mass is 10.4. The lowest BCUT2D eigenvalue weighted by molar-refractivity contribution is 0.0450. The zero-order chi connectivity index (χ0) is 8.53. The molecule has 0 aromatic heterocycles. The van der Waals surface area contributed by atoms with E-state index in [0.29, 0.717) is 6.79 Å². The van der Waals surface area contributed by atoms with Crippen molar-refractivity contribution in [3.63, 3.8) is 0 Å². The van der Waals surface area contributed by atoms with Crippen LogP contribution < -0.4 is 0 Å². The second kappa shape index (κ2) is 7.90. The quantitative estimate of drug-likeness (QED) is 0.457. The molecule has 0 aromatic rings.